The van der Waals surface area contributed by atoms with Crippen molar-refractivity contribution in [1.29, 1.82) is 0 Å². The molecule has 1 amide bonds. The molecule has 0 saturated heterocycles. The Bertz CT molecular complexity index is 1230. The van der Waals surface area contributed by atoms with E-state index in [1.807, 2.05) is 0 Å². The molecule has 0 atom stereocenters. The van der Waals surface area contributed by atoms with Crippen LogP contribution in [0.25, 0.3) is 5.69 Å². The minimum Gasteiger partial charge on any atom is -0.501 e. The fourth-order valence-corrected chi connectivity index (χ4v) is 3.45. The SMILES string of the molecule is COc1ccc(-n2c(=O)c(O)c3n(c2=O)CCN(Cc2ccc(F)cc2)C3=O)cc1. The van der Waals surface area contributed by atoms with E-state index in [9.17, 15) is 23.9 Å². The van der Waals surface area contributed by atoms with Crippen LogP contribution in [-0.4, -0.2) is 38.7 Å². The number of benzene rings is 2. The average Bonchev–Trinajstić information content (AvgIpc) is 2.75. The molecule has 0 saturated carbocycles. The van der Waals surface area contributed by atoms with E-state index in [4.69, 9.17) is 4.74 Å². The zero-order valence-corrected chi connectivity index (χ0v) is 16.0. The van der Waals surface area contributed by atoms with Gasteiger partial charge in [0, 0.05) is 19.6 Å². The van der Waals surface area contributed by atoms with Gasteiger partial charge in [-0.25, -0.2) is 13.8 Å². The molecule has 30 heavy (non-hydrogen) atoms. The Morgan fingerprint density at radius 2 is 1.67 bits per heavy atom. The number of hydrogen-bond donors (Lipinski definition) is 1. The number of hydrogen-bond acceptors (Lipinski definition) is 5. The van der Waals surface area contributed by atoms with E-state index in [0.29, 0.717) is 11.3 Å². The third-order valence-corrected chi connectivity index (χ3v) is 5.02. The third kappa shape index (κ3) is 3.24. The molecule has 9 heteroatoms. The van der Waals surface area contributed by atoms with Gasteiger partial charge >= 0.3 is 11.2 Å². The predicted molar refractivity (Wildman–Crippen MR) is 106 cm³/mol. The van der Waals surface area contributed by atoms with Gasteiger partial charge in [-0.15, -0.1) is 0 Å². The Morgan fingerprint density at radius 1 is 1.00 bits per heavy atom. The summed E-state index contributed by atoms with van der Waals surface area (Å²) in [5, 5.41) is 10.5. The Morgan fingerprint density at radius 3 is 2.30 bits per heavy atom. The number of carbonyl (C=O) groups is 1. The molecule has 0 spiro atoms. The van der Waals surface area contributed by atoms with Crippen LogP contribution in [0.15, 0.2) is 58.1 Å². The van der Waals surface area contributed by atoms with Crippen molar-refractivity contribution >= 4 is 5.91 Å². The molecule has 1 N–H and O–H groups in total. The van der Waals surface area contributed by atoms with Crippen LogP contribution in [0.3, 0.4) is 0 Å². The zero-order chi connectivity index (χ0) is 21.4. The molecule has 0 fully saturated rings. The molecular weight excluding hydrogens is 393 g/mol. The summed E-state index contributed by atoms with van der Waals surface area (Å²) in [5.74, 6) is -1.28. The highest BCUT2D eigenvalue weighted by molar-refractivity contribution is 5.95. The van der Waals surface area contributed by atoms with Gasteiger partial charge in [0.2, 0.25) is 5.75 Å². The first-order valence-corrected chi connectivity index (χ1v) is 9.17. The Balaban J connectivity index is 1.74. The number of amides is 1. The van der Waals surface area contributed by atoms with Gasteiger partial charge in [0.05, 0.1) is 12.8 Å². The summed E-state index contributed by atoms with van der Waals surface area (Å²) in [7, 11) is 1.49. The standard InChI is InChI=1S/C21H18FN3O5/c1-30-16-8-6-15(7-9-16)25-20(28)18(26)17-19(27)23(10-11-24(17)21(25)29)12-13-2-4-14(22)5-3-13/h2-9,26H,10-12H2,1H3. The molecule has 1 aliphatic heterocycles. The Hall–Kier alpha value is -3.88. The second-order valence-corrected chi connectivity index (χ2v) is 6.82. The minimum atomic E-state index is -0.978. The van der Waals surface area contributed by atoms with Crippen molar-refractivity contribution in [2.45, 2.75) is 13.1 Å². The molecule has 0 radical (unpaired) electrons. The zero-order valence-electron chi connectivity index (χ0n) is 16.0. The monoisotopic (exact) mass is 411 g/mol. The number of nitrogens with zero attached hydrogens (tertiary/aromatic N) is 3. The van der Waals surface area contributed by atoms with E-state index in [0.717, 1.165) is 9.13 Å². The molecule has 1 aliphatic rings. The van der Waals surface area contributed by atoms with Crippen LogP contribution in [0, 0.1) is 5.82 Å². The molecule has 0 unspecified atom stereocenters. The van der Waals surface area contributed by atoms with Crippen LogP contribution < -0.4 is 16.0 Å². The maximum Gasteiger partial charge on any atom is 0.336 e. The van der Waals surface area contributed by atoms with Crippen LogP contribution in [0.1, 0.15) is 16.1 Å². The number of aromatic nitrogens is 2. The summed E-state index contributed by atoms with van der Waals surface area (Å²) in [6.45, 7) is 0.461. The lowest BCUT2D eigenvalue weighted by Gasteiger charge is -2.30. The van der Waals surface area contributed by atoms with E-state index < -0.39 is 28.7 Å². The van der Waals surface area contributed by atoms with Gasteiger partial charge in [-0.1, -0.05) is 12.1 Å². The maximum absolute atomic E-state index is 13.1. The fraction of sp³-hybridized carbons (Fsp3) is 0.190. The van der Waals surface area contributed by atoms with Crippen LogP contribution >= 0.6 is 0 Å². The molecule has 3 aromatic rings. The highest BCUT2D eigenvalue weighted by Crippen LogP contribution is 2.21. The topological polar surface area (TPSA) is 93.8 Å². The molecule has 1 aromatic heterocycles. The lowest BCUT2D eigenvalue weighted by molar-refractivity contribution is 0.0678. The van der Waals surface area contributed by atoms with Gasteiger partial charge in [-0.05, 0) is 42.0 Å². The van der Waals surface area contributed by atoms with Crippen LogP contribution in [0.5, 0.6) is 11.5 Å². The maximum atomic E-state index is 13.1. The Labute approximate surface area is 170 Å². The molecule has 4 rings (SSSR count). The summed E-state index contributed by atoms with van der Waals surface area (Å²) >= 11 is 0. The van der Waals surface area contributed by atoms with Crippen molar-refractivity contribution in [2.24, 2.45) is 0 Å². The van der Waals surface area contributed by atoms with Crippen LogP contribution in [0.4, 0.5) is 4.39 Å². The minimum absolute atomic E-state index is 0.102. The number of ether oxygens (including phenoxy) is 1. The van der Waals surface area contributed by atoms with Crippen molar-refractivity contribution in [3.63, 3.8) is 0 Å². The lowest BCUT2D eigenvalue weighted by Crippen LogP contribution is -2.49. The molecule has 8 nitrogen and oxygen atoms in total. The summed E-state index contributed by atoms with van der Waals surface area (Å²) in [4.78, 5) is 40.0. The number of methoxy groups -OCH3 is 1. The van der Waals surface area contributed by atoms with Crippen molar-refractivity contribution in [1.82, 2.24) is 14.0 Å². The van der Waals surface area contributed by atoms with Gasteiger partial charge in [0.1, 0.15) is 11.6 Å². The summed E-state index contributed by atoms with van der Waals surface area (Å²) in [6.07, 6.45) is 0. The quantitative estimate of drug-likeness (QED) is 0.703. The predicted octanol–water partition coefficient (Wildman–Crippen LogP) is 1.51. The highest BCUT2D eigenvalue weighted by Gasteiger charge is 2.32. The number of carbonyl (C=O) groups excluding carboxylic acids is 1. The van der Waals surface area contributed by atoms with Crippen LogP contribution in [0.2, 0.25) is 0 Å². The van der Waals surface area contributed by atoms with E-state index in [-0.39, 0.29) is 31.0 Å². The van der Waals surface area contributed by atoms with Gasteiger partial charge in [-0.2, -0.15) is 0 Å². The number of fused-ring (bicyclic) bond motifs is 1. The molecule has 154 valence electrons. The molecule has 2 heterocycles. The second kappa shape index (κ2) is 7.51. The Kier molecular flexibility index (Phi) is 4.86. The van der Waals surface area contributed by atoms with E-state index in [2.05, 4.69) is 0 Å². The van der Waals surface area contributed by atoms with Gasteiger partial charge in [0.25, 0.3) is 5.91 Å². The summed E-state index contributed by atoms with van der Waals surface area (Å²) < 4.78 is 20.1. The normalized spacial score (nSPS) is 13.3. The van der Waals surface area contributed by atoms with Gasteiger partial charge in [-0.3, -0.25) is 14.2 Å². The number of rotatable bonds is 4. The first kappa shape index (κ1) is 19.4. The molecular formula is C21H18FN3O5. The molecule has 0 bridgehead atoms. The smallest absolute Gasteiger partial charge is 0.336 e. The van der Waals surface area contributed by atoms with Crippen molar-refractivity contribution in [2.75, 3.05) is 13.7 Å². The number of halogens is 1. The fourth-order valence-electron chi connectivity index (χ4n) is 3.45. The van der Waals surface area contributed by atoms with Gasteiger partial charge < -0.3 is 14.7 Å². The van der Waals surface area contributed by atoms with E-state index in [1.54, 1.807) is 24.3 Å². The summed E-state index contributed by atoms with van der Waals surface area (Å²) in [6, 6.07) is 11.9. The average molecular weight is 411 g/mol. The first-order chi connectivity index (χ1) is 14.4. The first-order valence-electron chi connectivity index (χ1n) is 9.17. The van der Waals surface area contributed by atoms with Crippen molar-refractivity contribution in [3.05, 3.63) is 86.4 Å². The second-order valence-electron chi connectivity index (χ2n) is 6.82. The lowest BCUT2D eigenvalue weighted by atomic mass is 10.1. The third-order valence-electron chi connectivity index (χ3n) is 5.02. The summed E-state index contributed by atoms with van der Waals surface area (Å²) in [5.41, 5.74) is -1.10. The van der Waals surface area contributed by atoms with Gasteiger partial charge in [0.15, 0.2) is 5.69 Å². The van der Waals surface area contributed by atoms with Crippen LogP contribution in [-0.2, 0) is 13.1 Å². The van der Waals surface area contributed by atoms with E-state index >= 15 is 0 Å². The highest BCUT2D eigenvalue weighted by atomic mass is 19.1. The number of aromatic hydroxyl groups is 1. The van der Waals surface area contributed by atoms with Crippen molar-refractivity contribution < 1.29 is 19.0 Å². The largest absolute Gasteiger partial charge is 0.501 e. The molecule has 2 aromatic carbocycles. The molecule has 0 aliphatic carbocycles. The van der Waals surface area contributed by atoms with E-state index in [1.165, 1.54) is 36.3 Å². The van der Waals surface area contributed by atoms with Crippen molar-refractivity contribution in [3.8, 4) is 17.2 Å².